The van der Waals surface area contributed by atoms with Crippen LogP contribution < -0.4 is 5.32 Å². The summed E-state index contributed by atoms with van der Waals surface area (Å²) in [6, 6.07) is 9.94. The third-order valence-corrected chi connectivity index (χ3v) is 3.83. The molecule has 1 aromatic carbocycles. The Labute approximate surface area is 126 Å². The number of aliphatic carboxylic acids is 1. The Balaban J connectivity index is 2.46. The Morgan fingerprint density at radius 2 is 1.86 bits per heavy atom. The van der Waals surface area contributed by atoms with Crippen LogP contribution in [0.4, 0.5) is 0 Å². The molecule has 0 aliphatic heterocycles. The number of benzene rings is 1. The average Bonchev–Trinajstić information content (AvgIpc) is 2.45. The van der Waals surface area contributed by atoms with Gasteiger partial charge in [-0.15, -0.1) is 0 Å². The van der Waals surface area contributed by atoms with E-state index in [0.717, 1.165) is 5.56 Å². The molecule has 0 aromatic heterocycles. The number of hydrogen-bond acceptors (Lipinski definition) is 3. The second-order valence-corrected chi connectivity index (χ2v) is 5.84. The maximum atomic E-state index is 11.9. The largest absolute Gasteiger partial charge is 0.480 e. The predicted molar refractivity (Wildman–Crippen MR) is 82.2 cm³/mol. The first kappa shape index (κ1) is 17.2. The number of carboxylic acids is 1. The number of carbonyl (C=O) groups is 2. The quantitative estimate of drug-likeness (QED) is 0.802. The summed E-state index contributed by atoms with van der Waals surface area (Å²) in [5.41, 5.74) is 0.0968. The maximum Gasteiger partial charge on any atom is 0.323 e. The molecule has 21 heavy (non-hydrogen) atoms. The van der Waals surface area contributed by atoms with Gasteiger partial charge in [-0.2, -0.15) is 0 Å². The average molecular weight is 292 g/mol. The molecule has 1 rings (SSSR count). The number of amides is 1. The maximum absolute atomic E-state index is 11.9. The minimum Gasteiger partial charge on any atom is -0.480 e. The van der Waals surface area contributed by atoms with Gasteiger partial charge in [0.15, 0.2) is 0 Å². The van der Waals surface area contributed by atoms with Gasteiger partial charge in [0.25, 0.3) is 0 Å². The smallest absolute Gasteiger partial charge is 0.323 e. The number of carbonyl (C=O) groups excluding carboxylic acids is 1. The first-order chi connectivity index (χ1) is 9.75. The van der Waals surface area contributed by atoms with Crippen molar-refractivity contribution in [1.82, 2.24) is 10.2 Å². The normalized spacial score (nSPS) is 13.0. The second kappa shape index (κ2) is 7.22. The fraction of sp³-hybridized carbons (Fsp3) is 0.500. The SMILES string of the molecule is CC(CNC(=O)CN(C)C(C)(C)C(=O)O)c1ccccc1. The molecule has 0 spiro atoms. The van der Waals surface area contributed by atoms with Crippen LogP contribution in [0.5, 0.6) is 0 Å². The molecule has 0 saturated carbocycles. The van der Waals surface area contributed by atoms with Crippen LogP contribution in [-0.2, 0) is 9.59 Å². The summed E-state index contributed by atoms with van der Waals surface area (Å²) in [5, 5.41) is 12.0. The lowest BCUT2D eigenvalue weighted by Crippen LogP contribution is -2.51. The third kappa shape index (κ3) is 4.86. The van der Waals surface area contributed by atoms with Crippen molar-refractivity contribution < 1.29 is 14.7 Å². The molecule has 1 unspecified atom stereocenters. The van der Waals surface area contributed by atoms with Crippen LogP contribution in [0.3, 0.4) is 0 Å². The van der Waals surface area contributed by atoms with E-state index in [4.69, 9.17) is 5.11 Å². The lowest BCUT2D eigenvalue weighted by Gasteiger charge is -2.30. The fourth-order valence-electron chi connectivity index (χ4n) is 1.80. The molecule has 5 heteroatoms. The molecule has 1 atom stereocenters. The summed E-state index contributed by atoms with van der Waals surface area (Å²) in [7, 11) is 1.63. The van der Waals surface area contributed by atoms with E-state index >= 15 is 0 Å². The number of likely N-dealkylation sites (N-methyl/N-ethyl adjacent to an activating group) is 1. The van der Waals surface area contributed by atoms with Gasteiger partial charge in [0.2, 0.25) is 5.91 Å². The number of nitrogens with zero attached hydrogens (tertiary/aromatic N) is 1. The first-order valence-corrected chi connectivity index (χ1v) is 7.01. The molecule has 0 radical (unpaired) electrons. The van der Waals surface area contributed by atoms with E-state index < -0.39 is 11.5 Å². The topological polar surface area (TPSA) is 69.6 Å². The van der Waals surface area contributed by atoms with Gasteiger partial charge in [0.05, 0.1) is 6.54 Å². The summed E-state index contributed by atoms with van der Waals surface area (Å²) in [5.74, 6) is -0.905. The summed E-state index contributed by atoms with van der Waals surface area (Å²) < 4.78 is 0. The van der Waals surface area contributed by atoms with Crippen molar-refractivity contribution in [3.8, 4) is 0 Å². The number of nitrogens with one attached hydrogen (secondary N) is 1. The van der Waals surface area contributed by atoms with Gasteiger partial charge in [0.1, 0.15) is 5.54 Å². The fourth-order valence-corrected chi connectivity index (χ4v) is 1.80. The van der Waals surface area contributed by atoms with Gasteiger partial charge in [-0.25, -0.2) is 0 Å². The van der Waals surface area contributed by atoms with Crippen molar-refractivity contribution in [2.75, 3.05) is 20.1 Å². The van der Waals surface area contributed by atoms with E-state index in [1.165, 1.54) is 4.90 Å². The monoisotopic (exact) mass is 292 g/mol. The zero-order valence-corrected chi connectivity index (χ0v) is 13.1. The number of hydrogen-bond donors (Lipinski definition) is 2. The Hall–Kier alpha value is -1.88. The van der Waals surface area contributed by atoms with Crippen LogP contribution in [0.1, 0.15) is 32.3 Å². The highest BCUT2D eigenvalue weighted by atomic mass is 16.4. The number of rotatable bonds is 7. The molecule has 0 heterocycles. The molecule has 0 aliphatic carbocycles. The molecule has 116 valence electrons. The molecular formula is C16H24N2O3. The first-order valence-electron chi connectivity index (χ1n) is 7.01. The Bertz CT molecular complexity index is 486. The zero-order valence-electron chi connectivity index (χ0n) is 13.1. The van der Waals surface area contributed by atoms with Gasteiger partial charge in [0, 0.05) is 6.54 Å². The van der Waals surface area contributed by atoms with Crippen molar-refractivity contribution in [1.29, 1.82) is 0 Å². The Morgan fingerprint density at radius 3 is 2.38 bits per heavy atom. The van der Waals surface area contributed by atoms with Gasteiger partial charge >= 0.3 is 5.97 Å². The third-order valence-electron chi connectivity index (χ3n) is 3.83. The summed E-state index contributed by atoms with van der Waals surface area (Å²) >= 11 is 0. The van der Waals surface area contributed by atoms with Crippen molar-refractivity contribution in [3.63, 3.8) is 0 Å². The van der Waals surface area contributed by atoms with Crippen molar-refractivity contribution in [3.05, 3.63) is 35.9 Å². The van der Waals surface area contributed by atoms with E-state index in [1.807, 2.05) is 37.3 Å². The summed E-state index contributed by atoms with van der Waals surface area (Å²) in [6.45, 7) is 5.79. The number of carboxylic acid groups (broad SMARTS) is 1. The molecule has 1 aromatic rings. The highest BCUT2D eigenvalue weighted by Gasteiger charge is 2.32. The lowest BCUT2D eigenvalue weighted by molar-refractivity contribution is -0.149. The van der Waals surface area contributed by atoms with Crippen LogP contribution in [0.25, 0.3) is 0 Å². The molecule has 5 nitrogen and oxygen atoms in total. The van der Waals surface area contributed by atoms with E-state index in [9.17, 15) is 9.59 Å². The lowest BCUT2D eigenvalue weighted by atomic mass is 10.0. The highest BCUT2D eigenvalue weighted by molar-refractivity contribution is 5.81. The van der Waals surface area contributed by atoms with Crippen LogP contribution in [0, 0.1) is 0 Å². The van der Waals surface area contributed by atoms with Crippen LogP contribution in [-0.4, -0.2) is 47.6 Å². The van der Waals surface area contributed by atoms with Gasteiger partial charge < -0.3 is 10.4 Å². The summed E-state index contributed by atoms with van der Waals surface area (Å²) in [4.78, 5) is 24.6. The molecule has 0 aliphatic rings. The van der Waals surface area contributed by atoms with Crippen LogP contribution in [0.15, 0.2) is 30.3 Å². The predicted octanol–water partition coefficient (Wildman–Crippen LogP) is 1.70. The Kier molecular flexibility index (Phi) is 5.90. The molecular weight excluding hydrogens is 268 g/mol. The van der Waals surface area contributed by atoms with E-state index in [0.29, 0.717) is 6.54 Å². The van der Waals surface area contributed by atoms with Crippen LogP contribution in [0.2, 0.25) is 0 Å². The summed E-state index contributed by atoms with van der Waals surface area (Å²) in [6.07, 6.45) is 0. The minimum absolute atomic E-state index is 0.0564. The van der Waals surface area contributed by atoms with Crippen molar-refractivity contribution in [2.45, 2.75) is 32.2 Å². The van der Waals surface area contributed by atoms with E-state index in [-0.39, 0.29) is 18.4 Å². The minimum atomic E-state index is -1.07. The van der Waals surface area contributed by atoms with Crippen molar-refractivity contribution >= 4 is 11.9 Å². The Morgan fingerprint density at radius 1 is 1.29 bits per heavy atom. The highest BCUT2D eigenvalue weighted by Crippen LogP contribution is 2.14. The van der Waals surface area contributed by atoms with Crippen LogP contribution >= 0.6 is 0 Å². The van der Waals surface area contributed by atoms with E-state index in [1.54, 1.807) is 20.9 Å². The molecule has 0 fully saturated rings. The molecule has 0 bridgehead atoms. The van der Waals surface area contributed by atoms with Gasteiger partial charge in [-0.3, -0.25) is 14.5 Å². The standard InChI is InChI=1S/C16H24N2O3/c1-12(13-8-6-5-7-9-13)10-17-14(19)11-18(4)16(2,3)15(20)21/h5-9,12H,10-11H2,1-4H3,(H,17,19)(H,20,21). The second-order valence-electron chi connectivity index (χ2n) is 5.84. The van der Waals surface area contributed by atoms with Gasteiger partial charge in [-0.05, 0) is 32.4 Å². The van der Waals surface area contributed by atoms with Gasteiger partial charge in [-0.1, -0.05) is 37.3 Å². The zero-order chi connectivity index (χ0) is 16.0. The van der Waals surface area contributed by atoms with Crippen molar-refractivity contribution in [2.24, 2.45) is 0 Å². The molecule has 2 N–H and O–H groups in total. The molecule has 1 amide bonds. The van der Waals surface area contributed by atoms with E-state index in [2.05, 4.69) is 5.32 Å². The molecule has 0 saturated heterocycles.